The Labute approximate surface area is 127 Å². The summed E-state index contributed by atoms with van der Waals surface area (Å²) in [5.41, 5.74) is -1.93. The van der Waals surface area contributed by atoms with Crippen molar-refractivity contribution in [3.8, 4) is 0 Å². The molecule has 0 aromatic heterocycles. The Bertz CT molecular complexity index is 337. The number of carbonyl (C=O) groups is 2. The third kappa shape index (κ3) is 4.97. The minimum absolute atomic E-state index is 0.0390. The molecule has 0 amide bonds. The number of carboxylic acids is 2. The fraction of sp³-hybridized carbons (Fsp3) is 0.867. The summed E-state index contributed by atoms with van der Waals surface area (Å²) in [5, 5.41) is 24.7. The highest BCUT2D eigenvalue weighted by molar-refractivity contribution is 5.79. The molecule has 0 spiro atoms. The van der Waals surface area contributed by atoms with Gasteiger partial charge in [-0.25, -0.2) is 0 Å². The summed E-state index contributed by atoms with van der Waals surface area (Å²) in [6, 6.07) is 0. The molecule has 0 bridgehead atoms. The smallest absolute Gasteiger partial charge is 0.323 e. The Hall–Kier alpha value is -1.14. The van der Waals surface area contributed by atoms with Gasteiger partial charge >= 0.3 is 11.9 Å². The third-order valence-electron chi connectivity index (χ3n) is 4.54. The monoisotopic (exact) mass is 302 g/mol. The zero-order valence-electron chi connectivity index (χ0n) is 14.0. The first-order chi connectivity index (χ1) is 9.48. The van der Waals surface area contributed by atoms with E-state index < -0.39 is 23.0 Å². The largest absolute Gasteiger partial charge is 0.480 e. The molecule has 2 unspecified atom stereocenters. The molecule has 6 heteroatoms. The van der Waals surface area contributed by atoms with Crippen molar-refractivity contribution in [2.45, 2.75) is 59.0 Å². The topological polar surface area (TPSA) is 98.7 Å². The van der Waals surface area contributed by atoms with Crippen molar-refractivity contribution >= 4 is 11.9 Å². The van der Waals surface area contributed by atoms with E-state index in [1.54, 1.807) is 13.8 Å². The van der Waals surface area contributed by atoms with Crippen molar-refractivity contribution in [1.82, 2.24) is 10.6 Å². The number of hydrogen-bond donors (Lipinski definition) is 4. The van der Waals surface area contributed by atoms with E-state index in [4.69, 9.17) is 0 Å². The van der Waals surface area contributed by atoms with E-state index in [9.17, 15) is 19.8 Å². The highest BCUT2D eigenvalue weighted by atomic mass is 16.4. The van der Waals surface area contributed by atoms with E-state index in [0.29, 0.717) is 19.5 Å². The van der Waals surface area contributed by atoms with Gasteiger partial charge in [0.15, 0.2) is 0 Å². The molecule has 0 rings (SSSR count). The molecule has 0 aliphatic heterocycles. The summed E-state index contributed by atoms with van der Waals surface area (Å²) in [4.78, 5) is 22.6. The summed E-state index contributed by atoms with van der Waals surface area (Å²) in [5.74, 6) is -1.82. The molecule has 0 radical (unpaired) electrons. The van der Waals surface area contributed by atoms with Gasteiger partial charge in [0.1, 0.15) is 11.1 Å². The first-order valence-corrected chi connectivity index (χ1v) is 7.45. The van der Waals surface area contributed by atoms with Crippen LogP contribution in [0.1, 0.15) is 48.0 Å². The van der Waals surface area contributed by atoms with Gasteiger partial charge in [0.2, 0.25) is 0 Å². The van der Waals surface area contributed by atoms with Gasteiger partial charge in [-0.3, -0.25) is 9.59 Å². The molecule has 0 aromatic rings. The lowest BCUT2D eigenvalue weighted by Crippen LogP contribution is -2.55. The van der Waals surface area contributed by atoms with Gasteiger partial charge in [0, 0.05) is 0 Å². The molecule has 0 aromatic carbocycles. The van der Waals surface area contributed by atoms with Gasteiger partial charge < -0.3 is 20.8 Å². The van der Waals surface area contributed by atoms with Crippen molar-refractivity contribution in [3.63, 3.8) is 0 Å². The van der Waals surface area contributed by atoms with Gasteiger partial charge in [0.25, 0.3) is 0 Å². The van der Waals surface area contributed by atoms with E-state index in [0.717, 1.165) is 0 Å². The molecular weight excluding hydrogens is 272 g/mol. The maximum atomic E-state index is 11.3. The van der Waals surface area contributed by atoms with Crippen molar-refractivity contribution in [1.29, 1.82) is 0 Å². The SMILES string of the molecule is CC(C)C(C)(NCCCNC(C)(C(=O)O)C(C)C)C(=O)O. The van der Waals surface area contributed by atoms with Crippen LogP contribution in [0.3, 0.4) is 0 Å². The first kappa shape index (κ1) is 19.9. The highest BCUT2D eigenvalue weighted by Gasteiger charge is 2.37. The summed E-state index contributed by atoms with van der Waals surface area (Å²) in [6.07, 6.45) is 0.658. The molecular formula is C15H30N2O4. The summed E-state index contributed by atoms with van der Waals surface area (Å²) >= 11 is 0. The van der Waals surface area contributed by atoms with Gasteiger partial charge in [0.05, 0.1) is 0 Å². The van der Waals surface area contributed by atoms with Crippen LogP contribution < -0.4 is 10.6 Å². The van der Waals surface area contributed by atoms with Crippen LogP contribution in [0.2, 0.25) is 0 Å². The molecule has 21 heavy (non-hydrogen) atoms. The molecule has 0 fully saturated rings. The maximum absolute atomic E-state index is 11.3. The van der Waals surface area contributed by atoms with E-state index in [2.05, 4.69) is 10.6 Å². The van der Waals surface area contributed by atoms with Crippen LogP contribution in [0.15, 0.2) is 0 Å². The number of rotatable bonds is 10. The van der Waals surface area contributed by atoms with E-state index in [1.807, 2.05) is 27.7 Å². The number of hydrogen-bond acceptors (Lipinski definition) is 4. The Morgan fingerprint density at radius 2 is 1.14 bits per heavy atom. The van der Waals surface area contributed by atoms with E-state index in [1.165, 1.54) is 0 Å². The molecule has 124 valence electrons. The summed E-state index contributed by atoms with van der Waals surface area (Å²) in [7, 11) is 0. The van der Waals surface area contributed by atoms with Crippen molar-refractivity contribution in [3.05, 3.63) is 0 Å². The van der Waals surface area contributed by atoms with Gasteiger partial charge in [-0.15, -0.1) is 0 Å². The molecule has 4 N–H and O–H groups in total. The van der Waals surface area contributed by atoms with Crippen LogP contribution in [0, 0.1) is 11.8 Å². The van der Waals surface area contributed by atoms with Crippen LogP contribution in [0.25, 0.3) is 0 Å². The summed E-state index contributed by atoms with van der Waals surface area (Å²) in [6.45, 7) is 11.8. The third-order valence-corrected chi connectivity index (χ3v) is 4.54. The number of nitrogens with one attached hydrogen (secondary N) is 2. The quantitative estimate of drug-likeness (QED) is 0.457. The Balaban J connectivity index is 4.34. The zero-order chi connectivity index (χ0) is 16.8. The van der Waals surface area contributed by atoms with Gasteiger partial charge in [-0.2, -0.15) is 0 Å². The normalized spacial score (nSPS) is 17.5. The second-order valence-electron chi connectivity index (χ2n) is 6.53. The standard InChI is InChI=1S/C15H30N2O4/c1-10(2)14(5,12(18)19)16-8-7-9-17-15(6,11(3)4)13(20)21/h10-11,16-17H,7-9H2,1-6H3,(H,18,19)(H,20,21). The fourth-order valence-corrected chi connectivity index (χ4v) is 1.84. The van der Waals surface area contributed by atoms with E-state index in [-0.39, 0.29) is 11.8 Å². The molecule has 6 nitrogen and oxygen atoms in total. The molecule has 0 saturated heterocycles. The second-order valence-corrected chi connectivity index (χ2v) is 6.53. The summed E-state index contributed by atoms with van der Waals surface area (Å²) < 4.78 is 0. The Kier molecular flexibility index (Phi) is 7.33. The molecule has 0 heterocycles. The second kappa shape index (κ2) is 7.75. The number of aliphatic carboxylic acids is 2. The van der Waals surface area contributed by atoms with Crippen LogP contribution in [-0.2, 0) is 9.59 Å². The fourth-order valence-electron chi connectivity index (χ4n) is 1.84. The predicted octanol–water partition coefficient (Wildman–Crippen LogP) is 1.55. The average Bonchev–Trinajstić information content (AvgIpc) is 2.36. The first-order valence-electron chi connectivity index (χ1n) is 7.45. The van der Waals surface area contributed by atoms with Gasteiger partial charge in [-0.05, 0) is 45.2 Å². The lowest BCUT2D eigenvalue weighted by atomic mass is 9.88. The maximum Gasteiger partial charge on any atom is 0.323 e. The average molecular weight is 302 g/mol. The van der Waals surface area contributed by atoms with Crippen molar-refractivity contribution in [2.75, 3.05) is 13.1 Å². The predicted molar refractivity (Wildman–Crippen MR) is 82.4 cm³/mol. The molecule has 0 saturated carbocycles. The van der Waals surface area contributed by atoms with Crippen LogP contribution in [0.5, 0.6) is 0 Å². The van der Waals surface area contributed by atoms with Gasteiger partial charge in [-0.1, -0.05) is 27.7 Å². The molecule has 0 aliphatic carbocycles. The molecule has 0 aliphatic rings. The van der Waals surface area contributed by atoms with Crippen molar-refractivity contribution < 1.29 is 19.8 Å². The highest BCUT2D eigenvalue weighted by Crippen LogP contribution is 2.18. The Morgan fingerprint density at radius 1 is 0.857 bits per heavy atom. The zero-order valence-corrected chi connectivity index (χ0v) is 14.0. The molecule has 2 atom stereocenters. The minimum atomic E-state index is -0.964. The van der Waals surface area contributed by atoms with Crippen molar-refractivity contribution in [2.24, 2.45) is 11.8 Å². The lowest BCUT2D eigenvalue weighted by Gasteiger charge is -2.32. The minimum Gasteiger partial charge on any atom is -0.480 e. The lowest BCUT2D eigenvalue weighted by molar-refractivity contribution is -0.146. The van der Waals surface area contributed by atoms with Crippen LogP contribution in [-0.4, -0.2) is 46.3 Å². The number of carboxylic acid groups (broad SMARTS) is 2. The van der Waals surface area contributed by atoms with Crippen LogP contribution in [0.4, 0.5) is 0 Å². The van der Waals surface area contributed by atoms with E-state index >= 15 is 0 Å². The Morgan fingerprint density at radius 3 is 1.33 bits per heavy atom. The van der Waals surface area contributed by atoms with Crippen LogP contribution >= 0.6 is 0 Å².